The highest BCUT2D eigenvalue weighted by Crippen LogP contribution is 2.27. The molecule has 0 atom stereocenters. The monoisotopic (exact) mass is 353 g/mol. The summed E-state index contributed by atoms with van der Waals surface area (Å²) in [4.78, 5) is 2.70. The van der Waals surface area contributed by atoms with Crippen LogP contribution in [0.1, 0.15) is 36.8 Å². The van der Waals surface area contributed by atoms with Crippen LogP contribution in [0.2, 0.25) is 0 Å². The summed E-state index contributed by atoms with van der Waals surface area (Å²) < 4.78 is 10.5. The van der Waals surface area contributed by atoms with Crippen molar-refractivity contribution in [2.75, 3.05) is 27.3 Å². The van der Waals surface area contributed by atoms with Crippen LogP contribution in [-0.2, 0) is 12.8 Å². The summed E-state index contributed by atoms with van der Waals surface area (Å²) >= 11 is 0. The van der Waals surface area contributed by atoms with E-state index >= 15 is 0 Å². The molecule has 0 aromatic heterocycles. The first-order valence-electron chi connectivity index (χ1n) is 9.78. The van der Waals surface area contributed by atoms with Gasteiger partial charge in [-0.05, 0) is 87.0 Å². The number of aryl methyl sites for hydroxylation is 2. The van der Waals surface area contributed by atoms with Crippen LogP contribution < -0.4 is 9.47 Å². The smallest absolute Gasteiger partial charge is 0.118 e. The van der Waals surface area contributed by atoms with Crippen LogP contribution in [0.3, 0.4) is 0 Å². The average Bonchev–Trinajstić information content (AvgIpc) is 3.53. The summed E-state index contributed by atoms with van der Waals surface area (Å²) in [7, 11) is 3.43. The molecule has 0 spiro atoms. The maximum Gasteiger partial charge on any atom is 0.118 e. The van der Waals surface area contributed by atoms with Gasteiger partial charge in [0.2, 0.25) is 0 Å². The van der Waals surface area contributed by atoms with Crippen molar-refractivity contribution in [3.05, 3.63) is 59.7 Å². The molecule has 140 valence electrons. The molecule has 1 fully saturated rings. The van der Waals surface area contributed by atoms with Crippen molar-refractivity contribution in [1.82, 2.24) is 4.90 Å². The van der Waals surface area contributed by atoms with Crippen molar-refractivity contribution in [1.29, 1.82) is 0 Å². The summed E-state index contributed by atoms with van der Waals surface area (Å²) in [6.45, 7) is 2.42. The molecule has 3 nitrogen and oxygen atoms in total. The molecule has 0 heterocycles. The van der Waals surface area contributed by atoms with Gasteiger partial charge in [-0.3, -0.25) is 0 Å². The van der Waals surface area contributed by atoms with E-state index in [-0.39, 0.29) is 0 Å². The molecular formula is C23H31NO2. The van der Waals surface area contributed by atoms with Gasteiger partial charge in [0, 0.05) is 6.04 Å². The molecule has 3 rings (SSSR count). The number of rotatable bonds is 11. The van der Waals surface area contributed by atoms with Gasteiger partial charge in [0.1, 0.15) is 11.5 Å². The minimum absolute atomic E-state index is 0.835. The van der Waals surface area contributed by atoms with Gasteiger partial charge in [-0.25, -0.2) is 0 Å². The fraction of sp³-hybridized carbons (Fsp3) is 0.478. The summed E-state index contributed by atoms with van der Waals surface area (Å²) in [5.74, 6) is 1.87. The van der Waals surface area contributed by atoms with E-state index in [0.717, 1.165) is 30.4 Å². The van der Waals surface area contributed by atoms with Crippen LogP contribution in [0.5, 0.6) is 11.5 Å². The summed E-state index contributed by atoms with van der Waals surface area (Å²) in [6, 6.07) is 17.8. The maximum atomic E-state index is 5.23. The van der Waals surface area contributed by atoms with Gasteiger partial charge in [0.05, 0.1) is 14.2 Å². The van der Waals surface area contributed by atoms with Crippen molar-refractivity contribution in [2.45, 2.75) is 44.6 Å². The van der Waals surface area contributed by atoms with E-state index in [1.807, 2.05) is 0 Å². The predicted molar refractivity (Wildman–Crippen MR) is 107 cm³/mol. The number of methoxy groups -OCH3 is 2. The Hall–Kier alpha value is -2.00. The highest BCUT2D eigenvalue weighted by Gasteiger charge is 2.27. The van der Waals surface area contributed by atoms with Gasteiger partial charge in [-0.1, -0.05) is 24.3 Å². The van der Waals surface area contributed by atoms with Gasteiger partial charge >= 0.3 is 0 Å². The lowest BCUT2D eigenvalue weighted by atomic mass is 10.1. The van der Waals surface area contributed by atoms with E-state index in [9.17, 15) is 0 Å². The van der Waals surface area contributed by atoms with Crippen LogP contribution in [0.15, 0.2) is 48.5 Å². The van der Waals surface area contributed by atoms with Crippen LogP contribution in [0, 0.1) is 0 Å². The lowest BCUT2D eigenvalue weighted by Gasteiger charge is -2.22. The third-order valence-electron chi connectivity index (χ3n) is 5.20. The minimum atomic E-state index is 0.835. The van der Waals surface area contributed by atoms with Crippen LogP contribution in [0.4, 0.5) is 0 Å². The predicted octanol–water partition coefficient (Wildman–Crippen LogP) is 4.73. The molecule has 0 saturated heterocycles. The molecule has 1 aliphatic carbocycles. The number of benzene rings is 2. The fourth-order valence-electron chi connectivity index (χ4n) is 3.47. The highest BCUT2D eigenvalue weighted by atomic mass is 16.5. The van der Waals surface area contributed by atoms with E-state index in [4.69, 9.17) is 9.47 Å². The molecule has 2 aromatic rings. The molecule has 0 bridgehead atoms. The minimum Gasteiger partial charge on any atom is -0.497 e. The summed E-state index contributed by atoms with van der Waals surface area (Å²) in [5.41, 5.74) is 2.81. The van der Waals surface area contributed by atoms with Crippen molar-refractivity contribution in [3.8, 4) is 11.5 Å². The van der Waals surface area contributed by atoms with Crippen molar-refractivity contribution >= 4 is 0 Å². The van der Waals surface area contributed by atoms with E-state index < -0.39 is 0 Å². The van der Waals surface area contributed by atoms with Gasteiger partial charge in [0.25, 0.3) is 0 Å². The van der Waals surface area contributed by atoms with Crippen molar-refractivity contribution in [2.24, 2.45) is 0 Å². The van der Waals surface area contributed by atoms with Crippen LogP contribution >= 0.6 is 0 Å². The van der Waals surface area contributed by atoms with Crippen molar-refractivity contribution in [3.63, 3.8) is 0 Å². The SMILES string of the molecule is COc1ccc(CCCN(CCCc2ccc(OC)cc2)C2CC2)cc1. The molecule has 3 heteroatoms. The van der Waals surface area contributed by atoms with Gasteiger partial charge in [0.15, 0.2) is 0 Å². The van der Waals surface area contributed by atoms with E-state index in [1.54, 1.807) is 14.2 Å². The summed E-state index contributed by atoms with van der Waals surface area (Å²) in [5, 5.41) is 0. The number of hydrogen-bond donors (Lipinski definition) is 0. The van der Waals surface area contributed by atoms with Gasteiger partial charge in [-0.15, -0.1) is 0 Å². The molecular weight excluding hydrogens is 322 g/mol. The average molecular weight is 354 g/mol. The lowest BCUT2D eigenvalue weighted by molar-refractivity contribution is 0.257. The molecule has 0 radical (unpaired) electrons. The topological polar surface area (TPSA) is 21.7 Å². The molecule has 0 N–H and O–H groups in total. The lowest BCUT2D eigenvalue weighted by Crippen LogP contribution is -2.29. The van der Waals surface area contributed by atoms with Crippen molar-refractivity contribution < 1.29 is 9.47 Å². The molecule has 1 saturated carbocycles. The maximum absolute atomic E-state index is 5.23. The molecule has 0 aliphatic heterocycles. The van der Waals surface area contributed by atoms with Gasteiger partial charge < -0.3 is 14.4 Å². The third kappa shape index (κ3) is 5.77. The first-order chi connectivity index (χ1) is 12.8. The van der Waals surface area contributed by atoms with Crippen LogP contribution in [-0.4, -0.2) is 38.3 Å². The third-order valence-corrected chi connectivity index (χ3v) is 5.20. The normalized spacial score (nSPS) is 13.8. The molecule has 0 amide bonds. The Morgan fingerprint density at radius 3 is 1.50 bits per heavy atom. The van der Waals surface area contributed by atoms with E-state index in [2.05, 4.69) is 53.4 Å². The Balaban J connectivity index is 1.39. The highest BCUT2D eigenvalue weighted by molar-refractivity contribution is 5.28. The largest absolute Gasteiger partial charge is 0.497 e. The Morgan fingerprint density at radius 1 is 0.731 bits per heavy atom. The Labute approximate surface area is 157 Å². The second-order valence-electron chi connectivity index (χ2n) is 7.17. The summed E-state index contributed by atoms with van der Waals surface area (Å²) in [6.07, 6.45) is 7.50. The van der Waals surface area contributed by atoms with Crippen LogP contribution in [0.25, 0.3) is 0 Å². The molecule has 2 aromatic carbocycles. The molecule has 26 heavy (non-hydrogen) atoms. The first kappa shape index (κ1) is 18.8. The quantitative estimate of drug-likeness (QED) is 0.583. The van der Waals surface area contributed by atoms with Gasteiger partial charge in [-0.2, -0.15) is 0 Å². The van der Waals surface area contributed by atoms with E-state index in [1.165, 1.54) is 49.9 Å². The Morgan fingerprint density at radius 2 is 1.15 bits per heavy atom. The Kier molecular flexibility index (Phi) is 6.96. The van der Waals surface area contributed by atoms with E-state index in [0.29, 0.717) is 0 Å². The fourth-order valence-corrected chi connectivity index (χ4v) is 3.47. The number of nitrogens with zero attached hydrogens (tertiary/aromatic N) is 1. The molecule has 1 aliphatic rings. The zero-order valence-electron chi connectivity index (χ0n) is 16.1. The standard InChI is InChI=1S/C23H31NO2/c1-25-22-13-7-19(8-14-22)5-3-17-24(21-11-12-21)18-4-6-20-9-15-23(26-2)16-10-20/h7-10,13-16,21H,3-6,11-12,17-18H2,1-2H3. The second-order valence-corrected chi connectivity index (χ2v) is 7.17. The zero-order chi connectivity index (χ0) is 18.2. The Bertz CT molecular complexity index is 593. The number of hydrogen-bond acceptors (Lipinski definition) is 3. The number of ether oxygens (including phenoxy) is 2. The first-order valence-corrected chi connectivity index (χ1v) is 9.78. The second kappa shape index (κ2) is 9.63. The molecule has 0 unspecified atom stereocenters. The zero-order valence-corrected chi connectivity index (χ0v) is 16.1.